The monoisotopic (exact) mass is 343 g/mol. The number of hydrogen-bond acceptors (Lipinski definition) is 4. The van der Waals surface area contributed by atoms with Crippen molar-refractivity contribution < 1.29 is 15.3 Å². The minimum atomic E-state index is -0.846. The lowest BCUT2D eigenvalue weighted by molar-refractivity contribution is 0.0186. The largest absolute Gasteiger partial charge is 0.395 e. The average Bonchev–Trinajstić information content (AvgIpc) is 2.82. The van der Waals surface area contributed by atoms with E-state index in [1.54, 1.807) is 0 Å². The summed E-state index contributed by atoms with van der Waals surface area (Å²) in [6.45, 7) is -0.131. The number of rotatable bonds is 9. The van der Waals surface area contributed by atoms with Gasteiger partial charge in [0.15, 0.2) is 0 Å². The molecule has 132 valence electrons. The van der Waals surface area contributed by atoms with Crippen molar-refractivity contribution >= 4 is 12.4 Å². The zero-order chi connectivity index (χ0) is 15.8. The molecule has 1 aliphatic rings. The quantitative estimate of drug-likeness (QED) is 0.518. The molecule has 1 aromatic carbocycles. The maximum absolute atomic E-state index is 9.90. The van der Waals surface area contributed by atoms with Crippen molar-refractivity contribution in [2.75, 3.05) is 6.61 Å². The number of aliphatic hydroxyl groups is 3. The molecule has 1 heterocycles. The minimum Gasteiger partial charge on any atom is -0.395 e. The standard InChI is InChI=1S/C18H29NO3.ClH/c20-13-16-18(22)17(21)15(19-16)12-8-3-1-2-5-9-14-10-6-4-7-11-14;/h4,6-7,10-11,15-22H,1-3,5,8-9,12-13H2;1H/t15-,16-,17-,18+;/m1./s1. The molecule has 2 rings (SSSR count). The SMILES string of the molecule is Cl.OC[C@H]1N[C@H](CCCCCCCc2ccccc2)[C@@H](O)[C@H]1O. The summed E-state index contributed by atoms with van der Waals surface area (Å²) >= 11 is 0. The molecule has 4 atom stereocenters. The Morgan fingerprint density at radius 3 is 2.09 bits per heavy atom. The molecular formula is C18H30ClNO3. The lowest BCUT2D eigenvalue weighted by Gasteiger charge is -2.15. The molecule has 23 heavy (non-hydrogen) atoms. The second-order valence-electron chi connectivity index (χ2n) is 6.34. The first-order valence-corrected chi connectivity index (χ1v) is 8.49. The average molecular weight is 344 g/mol. The van der Waals surface area contributed by atoms with Gasteiger partial charge in [0.25, 0.3) is 0 Å². The fourth-order valence-corrected chi connectivity index (χ4v) is 3.23. The number of benzene rings is 1. The predicted molar refractivity (Wildman–Crippen MR) is 94.9 cm³/mol. The van der Waals surface area contributed by atoms with E-state index in [0.29, 0.717) is 0 Å². The number of halogens is 1. The molecule has 1 saturated heterocycles. The first-order valence-electron chi connectivity index (χ1n) is 8.49. The Morgan fingerprint density at radius 1 is 0.826 bits per heavy atom. The maximum atomic E-state index is 9.90. The summed E-state index contributed by atoms with van der Waals surface area (Å²) in [5.74, 6) is 0. The van der Waals surface area contributed by atoms with Crippen molar-refractivity contribution in [3.63, 3.8) is 0 Å². The van der Waals surface area contributed by atoms with E-state index in [2.05, 4.69) is 29.6 Å². The molecule has 4 nitrogen and oxygen atoms in total. The van der Waals surface area contributed by atoms with E-state index in [9.17, 15) is 10.2 Å². The van der Waals surface area contributed by atoms with Crippen LogP contribution in [0.5, 0.6) is 0 Å². The van der Waals surface area contributed by atoms with Gasteiger partial charge >= 0.3 is 0 Å². The van der Waals surface area contributed by atoms with E-state index in [-0.39, 0.29) is 31.1 Å². The second kappa shape index (κ2) is 11.0. The predicted octanol–water partition coefficient (Wildman–Crippen LogP) is 2.05. The first-order chi connectivity index (χ1) is 10.7. The van der Waals surface area contributed by atoms with E-state index in [1.165, 1.54) is 24.8 Å². The molecule has 0 saturated carbocycles. The molecular weight excluding hydrogens is 314 g/mol. The van der Waals surface area contributed by atoms with Crippen molar-refractivity contribution in [3.8, 4) is 0 Å². The van der Waals surface area contributed by atoms with E-state index in [4.69, 9.17) is 5.11 Å². The van der Waals surface area contributed by atoms with Crippen LogP contribution >= 0.6 is 12.4 Å². The third kappa shape index (κ3) is 6.40. The molecule has 1 aromatic rings. The van der Waals surface area contributed by atoms with Gasteiger partial charge in [-0.1, -0.05) is 56.0 Å². The van der Waals surface area contributed by atoms with Gasteiger partial charge in [-0.2, -0.15) is 0 Å². The van der Waals surface area contributed by atoms with Gasteiger partial charge in [0.1, 0.15) is 0 Å². The number of aryl methyl sites for hydroxylation is 1. The summed E-state index contributed by atoms with van der Waals surface area (Å²) in [5.41, 5.74) is 1.41. The molecule has 0 aromatic heterocycles. The van der Waals surface area contributed by atoms with Crippen LogP contribution in [-0.2, 0) is 6.42 Å². The van der Waals surface area contributed by atoms with Crippen molar-refractivity contribution in [1.29, 1.82) is 0 Å². The number of hydrogen-bond donors (Lipinski definition) is 4. The molecule has 4 N–H and O–H groups in total. The summed E-state index contributed by atoms with van der Waals surface area (Å²) in [6, 6.07) is 10.1. The van der Waals surface area contributed by atoms with Gasteiger partial charge in [0, 0.05) is 6.04 Å². The zero-order valence-corrected chi connectivity index (χ0v) is 14.4. The summed E-state index contributed by atoms with van der Waals surface area (Å²) < 4.78 is 0. The highest BCUT2D eigenvalue weighted by molar-refractivity contribution is 5.85. The third-order valence-corrected chi connectivity index (χ3v) is 4.62. The van der Waals surface area contributed by atoms with Crippen LogP contribution in [0.2, 0.25) is 0 Å². The van der Waals surface area contributed by atoms with Gasteiger partial charge in [-0.05, 0) is 24.8 Å². The molecule has 0 aliphatic carbocycles. The Labute approximate surface area is 145 Å². The Kier molecular flexibility index (Phi) is 9.75. The Morgan fingerprint density at radius 2 is 1.43 bits per heavy atom. The van der Waals surface area contributed by atoms with Gasteiger partial charge in [-0.3, -0.25) is 0 Å². The zero-order valence-electron chi connectivity index (χ0n) is 13.6. The minimum absolute atomic E-state index is 0. The van der Waals surface area contributed by atoms with Crippen LogP contribution in [0, 0.1) is 0 Å². The van der Waals surface area contributed by atoms with Crippen LogP contribution in [0.25, 0.3) is 0 Å². The third-order valence-electron chi connectivity index (χ3n) is 4.62. The van der Waals surface area contributed by atoms with E-state index >= 15 is 0 Å². The molecule has 0 bridgehead atoms. The van der Waals surface area contributed by atoms with Crippen molar-refractivity contribution in [2.45, 2.75) is 69.2 Å². The van der Waals surface area contributed by atoms with Crippen LogP contribution in [0.3, 0.4) is 0 Å². The summed E-state index contributed by atoms with van der Waals surface area (Å²) in [5, 5.41) is 31.9. The molecule has 5 heteroatoms. The van der Waals surface area contributed by atoms with Gasteiger partial charge in [0.05, 0.1) is 24.9 Å². The highest BCUT2D eigenvalue weighted by Gasteiger charge is 2.39. The van der Waals surface area contributed by atoms with E-state index in [0.717, 1.165) is 25.7 Å². The van der Waals surface area contributed by atoms with Gasteiger partial charge in [-0.25, -0.2) is 0 Å². The Balaban J connectivity index is 0.00000264. The Bertz CT molecular complexity index is 418. The van der Waals surface area contributed by atoms with Crippen LogP contribution in [0.4, 0.5) is 0 Å². The van der Waals surface area contributed by atoms with Crippen molar-refractivity contribution in [3.05, 3.63) is 35.9 Å². The smallest absolute Gasteiger partial charge is 0.0989 e. The summed E-state index contributed by atoms with van der Waals surface area (Å²) in [7, 11) is 0. The lowest BCUT2D eigenvalue weighted by Crippen LogP contribution is -2.36. The second-order valence-corrected chi connectivity index (χ2v) is 6.34. The van der Waals surface area contributed by atoms with Crippen LogP contribution in [-0.4, -0.2) is 46.2 Å². The summed E-state index contributed by atoms with van der Waals surface area (Å²) in [6.07, 6.45) is 6.26. The highest BCUT2D eigenvalue weighted by atomic mass is 35.5. The van der Waals surface area contributed by atoms with Crippen LogP contribution in [0.1, 0.15) is 44.1 Å². The number of unbranched alkanes of at least 4 members (excludes halogenated alkanes) is 4. The molecule has 0 spiro atoms. The summed E-state index contributed by atoms with van der Waals surface area (Å²) in [4.78, 5) is 0. The highest BCUT2D eigenvalue weighted by Crippen LogP contribution is 2.19. The van der Waals surface area contributed by atoms with Gasteiger partial charge in [0.2, 0.25) is 0 Å². The first kappa shape index (κ1) is 20.4. The lowest BCUT2D eigenvalue weighted by atomic mass is 10.0. The molecule has 1 aliphatic heterocycles. The van der Waals surface area contributed by atoms with Crippen LogP contribution in [0.15, 0.2) is 30.3 Å². The molecule has 1 fully saturated rings. The molecule has 0 radical (unpaired) electrons. The fourth-order valence-electron chi connectivity index (χ4n) is 3.23. The van der Waals surface area contributed by atoms with Crippen molar-refractivity contribution in [1.82, 2.24) is 5.32 Å². The normalized spacial score (nSPS) is 26.9. The number of aliphatic hydroxyl groups excluding tert-OH is 3. The van der Waals surface area contributed by atoms with Crippen LogP contribution < -0.4 is 5.32 Å². The number of nitrogens with one attached hydrogen (secondary N) is 1. The molecule has 0 amide bonds. The fraction of sp³-hybridized carbons (Fsp3) is 0.667. The Hall–Kier alpha value is -0.650. The van der Waals surface area contributed by atoms with E-state index in [1.807, 2.05) is 6.07 Å². The van der Waals surface area contributed by atoms with E-state index < -0.39 is 12.2 Å². The topological polar surface area (TPSA) is 72.7 Å². The van der Waals surface area contributed by atoms with Gasteiger partial charge in [-0.15, -0.1) is 12.4 Å². The molecule has 0 unspecified atom stereocenters. The van der Waals surface area contributed by atoms with Gasteiger partial charge < -0.3 is 20.6 Å². The van der Waals surface area contributed by atoms with Crippen molar-refractivity contribution in [2.24, 2.45) is 0 Å². The maximum Gasteiger partial charge on any atom is 0.0989 e.